The van der Waals surface area contributed by atoms with Crippen LogP contribution in [0.15, 0.2) is 24.3 Å². The number of carboxylic acid groups (broad SMARTS) is 1. The quantitative estimate of drug-likeness (QED) is 0.709. The van der Waals surface area contributed by atoms with E-state index in [1.54, 1.807) is 0 Å². The Kier molecular flexibility index (Phi) is 3.71. The van der Waals surface area contributed by atoms with Crippen LogP contribution in [0.4, 0.5) is 4.79 Å². The second-order valence-corrected chi connectivity index (χ2v) is 3.00. The van der Waals surface area contributed by atoms with Crippen molar-refractivity contribution < 1.29 is 24.5 Å². The topological polar surface area (TPSA) is 95.9 Å². The van der Waals surface area contributed by atoms with E-state index in [4.69, 9.17) is 10.2 Å². The lowest BCUT2D eigenvalue weighted by Gasteiger charge is -2.13. The minimum absolute atomic E-state index is 0.0194. The first-order valence-electron chi connectivity index (χ1n) is 4.41. The van der Waals surface area contributed by atoms with Crippen molar-refractivity contribution >= 4 is 12.1 Å². The standard InChI is InChI=1S/C10H11NO5/c1-16-10(15)11-8(9(13)14)6-2-4-7(12)5-3-6/h2-5,8,12H,1H3,(H,11,15)(H,13,14)/t8-/m1/s1. The number of ether oxygens (including phenoxy) is 1. The van der Waals surface area contributed by atoms with E-state index >= 15 is 0 Å². The van der Waals surface area contributed by atoms with Crippen molar-refractivity contribution in [2.24, 2.45) is 0 Å². The molecule has 1 atom stereocenters. The van der Waals surface area contributed by atoms with Crippen LogP contribution in [0.2, 0.25) is 0 Å². The average molecular weight is 225 g/mol. The fraction of sp³-hybridized carbons (Fsp3) is 0.200. The van der Waals surface area contributed by atoms with Crippen LogP contribution in [0.1, 0.15) is 11.6 Å². The van der Waals surface area contributed by atoms with Crippen molar-refractivity contribution in [1.29, 1.82) is 0 Å². The number of methoxy groups -OCH3 is 1. The summed E-state index contributed by atoms with van der Waals surface area (Å²) < 4.78 is 4.31. The van der Waals surface area contributed by atoms with Gasteiger partial charge in [0.15, 0.2) is 6.04 Å². The summed E-state index contributed by atoms with van der Waals surface area (Å²) in [5, 5.41) is 20.1. The fourth-order valence-electron chi connectivity index (χ4n) is 1.13. The number of aliphatic carboxylic acids is 1. The molecule has 0 heterocycles. The molecule has 0 unspecified atom stereocenters. The first-order valence-corrected chi connectivity index (χ1v) is 4.41. The van der Waals surface area contributed by atoms with Gasteiger partial charge in [-0.05, 0) is 17.7 Å². The lowest BCUT2D eigenvalue weighted by atomic mass is 10.1. The molecular formula is C10H11NO5. The van der Waals surface area contributed by atoms with Crippen molar-refractivity contribution in [2.45, 2.75) is 6.04 Å². The smallest absolute Gasteiger partial charge is 0.407 e. The van der Waals surface area contributed by atoms with Gasteiger partial charge in [-0.1, -0.05) is 12.1 Å². The zero-order valence-electron chi connectivity index (χ0n) is 8.51. The second kappa shape index (κ2) is 5.01. The molecule has 1 aromatic carbocycles. The molecule has 0 bridgehead atoms. The molecule has 0 aliphatic carbocycles. The summed E-state index contributed by atoms with van der Waals surface area (Å²) in [6.07, 6.45) is -0.833. The van der Waals surface area contributed by atoms with Crippen molar-refractivity contribution in [3.8, 4) is 5.75 Å². The Morgan fingerprint density at radius 1 is 1.31 bits per heavy atom. The number of phenols is 1. The summed E-state index contributed by atoms with van der Waals surface area (Å²) in [5.74, 6) is -1.19. The summed E-state index contributed by atoms with van der Waals surface area (Å²) in [4.78, 5) is 21.8. The maximum Gasteiger partial charge on any atom is 0.407 e. The first kappa shape index (κ1) is 11.8. The predicted molar refractivity (Wildman–Crippen MR) is 54.0 cm³/mol. The largest absolute Gasteiger partial charge is 0.508 e. The van der Waals surface area contributed by atoms with E-state index in [-0.39, 0.29) is 5.75 Å². The number of benzene rings is 1. The fourth-order valence-corrected chi connectivity index (χ4v) is 1.13. The van der Waals surface area contributed by atoms with Gasteiger partial charge in [-0.15, -0.1) is 0 Å². The van der Waals surface area contributed by atoms with Gasteiger partial charge >= 0.3 is 12.1 Å². The van der Waals surface area contributed by atoms with Gasteiger partial charge in [0, 0.05) is 0 Å². The summed E-state index contributed by atoms with van der Waals surface area (Å²) in [6.45, 7) is 0. The van der Waals surface area contributed by atoms with Crippen molar-refractivity contribution in [1.82, 2.24) is 5.32 Å². The van der Waals surface area contributed by atoms with E-state index in [2.05, 4.69) is 10.1 Å². The lowest BCUT2D eigenvalue weighted by Crippen LogP contribution is -2.33. The Morgan fingerprint density at radius 3 is 2.31 bits per heavy atom. The van der Waals surface area contributed by atoms with Crippen LogP contribution in [0.5, 0.6) is 5.75 Å². The number of carbonyl (C=O) groups excluding carboxylic acids is 1. The maximum atomic E-state index is 10.9. The molecule has 6 heteroatoms. The molecule has 0 aromatic heterocycles. The van der Waals surface area contributed by atoms with Gasteiger partial charge in [0.2, 0.25) is 0 Å². The Morgan fingerprint density at radius 2 is 1.88 bits per heavy atom. The number of carbonyl (C=O) groups is 2. The molecule has 86 valence electrons. The molecule has 0 spiro atoms. The van der Waals surface area contributed by atoms with E-state index in [0.717, 1.165) is 7.11 Å². The van der Waals surface area contributed by atoms with Crippen LogP contribution in [0, 0.1) is 0 Å². The molecule has 6 nitrogen and oxygen atoms in total. The molecule has 3 N–H and O–H groups in total. The van der Waals surface area contributed by atoms with Crippen LogP contribution < -0.4 is 5.32 Å². The van der Waals surface area contributed by atoms with Crippen LogP contribution in [-0.4, -0.2) is 29.4 Å². The molecule has 0 saturated carbocycles. The number of rotatable bonds is 3. The van der Waals surface area contributed by atoms with Gasteiger partial charge in [0.05, 0.1) is 7.11 Å². The minimum atomic E-state index is -1.21. The third kappa shape index (κ3) is 2.88. The molecule has 1 aromatic rings. The predicted octanol–water partition coefficient (Wildman–Crippen LogP) is 0.874. The zero-order valence-corrected chi connectivity index (χ0v) is 8.51. The summed E-state index contributed by atoms with van der Waals surface area (Å²) in [5.41, 5.74) is 0.343. The number of aromatic hydroxyl groups is 1. The highest BCUT2D eigenvalue weighted by Crippen LogP contribution is 2.17. The van der Waals surface area contributed by atoms with Crippen LogP contribution in [0.3, 0.4) is 0 Å². The Balaban J connectivity index is 2.89. The number of hydrogen-bond donors (Lipinski definition) is 3. The third-order valence-corrected chi connectivity index (χ3v) is 1.92. The number of alkyl carbamates (subject to hydrolysis) is 1. The van der Waals surface area contributed by atoms with Gasteiger partial charge in [-0.3, -0.25) is 0 Å². The lowest BCUT2D eigenvalue weighted by molar-refractivity contribution is -0.139. The monoisotopic (exact) mass is 225 g/mol. The van der Waals surface area contributed by atoms with Crippen LogP contribution >= 0.6 is 0 Å². The Labute approximate surface area is 91.5 Å². The van der Waals surface area contributed by atoms with Crippen molar-refractivity contribution in [3.05, 3.63) is 29.8 Å². The summed E-state index contributed by atoms with van der Waals surface area (Å²) in [7, 11) is 1.14. The highest BCUT2D eigenvalue weighted by molar-refractivity contribution is 5.81. The minimum Gasteiger partial charge on any atom is -0.508 e. The molecule has 1 rings (SSSR count). The van der Waals surface area contributed by atoms with E-state index in [0.29, 0.717) is 5.56 Å². The summed E-state index contributed by atoms with van der Waals surface area (Å²) >= 11 is 0. The normalized spacial score (nSPS) is 11.6. The number of carboxylic acids is 1. The number of hydrogen-bond acceptors (Lipinski definition) is 4. The Hall–Kier alpha value is -2.24. The molecular weight excluding hydrogens is 214 g/mol. The number of amides is 1. The Bertz CT molecular complexity index is 387. The van der Waals surface area contributed by atoms with Crippen LogP contribution in [0.25, 0.3) is 0 Å². The first-order chi connectivity index (χ1) is 7.54. The van der Waals surface area contributed by atoms with E-state index < -0.39 is 18.1 Å². The molecule has 0 fully saturated rings. The van der Waals surface area contributed by atoms with Gasteiger partial charge in [-0.25, -0.2) is 9.59 Å². The molecule has 0 saturated heterocycles. The van der Waals surface area contributed by atoms with E-state index in [9.17, 15) is 9.59 Å². The van der Waals surface area contributed by atoms with E-state index in [1.807, 2.05) is 0 Å². The molecule has 0 aliphatic heterocycles. The SMILES string of the molecule is COC(=O)N[C@@H](C(=O)O)c1ccc(O)cc1. The number of nitrogens with one attached hydrogen (secondary N) is 1. The second-order valence-electron chi connectivity index (χ2n) is 3.00. The van der Waals surface area contributed by atoms with Crippen LogP contribution in [-0.2, 0) is 9.53 Å². The maximum absolute atomic E-state index is 10.9. The van der Waals surface area contributed by atoms with Gasteiger partial charge in [0.1, 0.15) is 5.75 Å². The highest BCUT2D eigenvalue weighted by atomic mass is 16.5. The van der Waals surface area contributed by atoms with Gasteiger partial charge in [-0.2, -0.15) is 0 Å². The highest BCUT2D eigenvalue weighted by Gasteiger charge is 2.22. The van der Waals surface area contributed by atoms with Gasteiger partial charge in [0.25, 0.3) is 0 Å². The van der Waals surface area contributed by atoms with Crippen molar-refractivity contribution in [2.75, 3.05) is 7.11 Å². The molecule has 0 aliphatic rings. The van der Waals surface area contributed by atoms with Crippen molar-refractivity contribution in [3.63, 3.8) is 0 Å². The molecule has 0 radical (unpaired) electrons. The number of phenolic OH excluding ortho intramolecular Hbond substituents is 1. The summed E-state index contributed by atoms with van der Waals surface area (Å²) in [6, 6.07) is 4.29. The van der Waals surface area contributed by atoms with Gasteiger partial charge < -0.3 is 20.3 Å². The average Bonchev–Trinajstić information content (AvgIpc) is 2.26. The zero-order chi connectivity index (χ0) is 12.1. The molecule has 16 heavy (non-hydrogen) atoms. The third-order valence-electron chi connectivity index (χ3n) is 1.92. The van der Waals surface area contributed by atoms with E-state index in [1.165, 1.54) is 24.3 Å². The molecule has 1 amide bonds.